The number of hydrogen-bond acceptors (Lipinski definition) is 4. The molecule has 6 heteroatoms. The molecule has 0 amide bonds. The van der Waals surface area contributed by atoms with Gasteiger partial charge < -0.3 is 32.4 Å². The van der Waals surface area contributed by atoms with Crippen LogP contribution in [0.3, 0.4) is 0 Å². The van der Waals surface area contributed by atoms with Crippen LogP contribution in [0.4, 0.5) is 0 Å². The van der Waals surface area contributed by atoms with Crippen LogP contribution >= 0.6 is 0 Å². The van der Waals surface area contributed by atoms with Crippen LogP contribution in [0.15, 0.2) is 24.3 Å². The minimum Gasteiger partial charge on any atom is -1.00 e. The molecule has 46 heavy (non-hydrogen) atoms. The van der Waals surface area contributed by atoms with E-state index in [2.05, 4.69) is 145 Å². The topological polar surface area (TPSA) is 52.6 Å². The molecule has 0 aliphatic heterocycles. The van der Waals surface area contributed by atoms with Gasteiger partial charge in [0.25, 0.3) is 0 Å². The molecule has 0 bridgehead atoms. The van der Waals surface area contributed by atoms with Gasteiger partial charge in [-0.25, -0.2) is 0 Å². The Kier molecular flexibility index (Phi) is 19.5. The van der Waals surface area contributed by atoms with Crippen LogP contribution in [0.5, 0.6) is 11.5 Å². The average Bonchev–Trinajstić information content (AvgIpc) is 2.86. The largest absolute Gasteiger partial charge is 3.00 e. The number of likely N-dealkylation sites (N-methyl/N-ethyl adjacent to an activating group) is 2. The Labute approximate surface area is 302 Å². The van der Waals surface area contributed by atoms with Crippen LogP contribution in [-0.4, -0.2) is 54.3 Å². The predicted octanol–water partition coefficient (Wildman–Crippen LogP) is 5.80. The zero-order chi connectivity index (χ0) is 34.3. The SMILES string of the molecule is CCCCCC.CN(CCN(C)Cc1cc(C(C)(C)C)cc(C(C)(C)C)c1[O-])Cc1cc(C(C)(C)C)cc(C(C)(C)C)c1[O-].[Al+3].[Cl-]. The molecule has 260 valence electrons. The molecule has 0 N–H and O–H groups in total. The fourth-order valence-electron chi connectivity index (χ4n) is 5.17. The van der Waals surface area contributed by atoms with Crippen molar-refractivity contribution in [3.05, 3.63) is 57.6 Å². The van der Waals surface area contributed by atoms with Gasteiger partial charge in [0.2, 0.25) is 0 Å². The smallest absolute Gasteiger partial charge is 1.00 e. The van der Waals surface area contributed by atoms with Gasteiger partial charge in [-0.15, -0.1) is 11.5 Å². The van der Waals surface area contributed by atoms with Gasteiger partial charge in [-0.1, -0.05) is 147 Å². The van der Waals surface area contributed by atoms with Crippen molar-refractivity contribution in [1.82, 2.24) is 9.80 Å². The summed E-state index contributed by atoms with van der Waals surface area (Å²) in [5.41, 5.74) is 5.48. The quantitative estimate of drug-likeness (QED) is 0.237. The van der Waals surface area contributed by atoms with Crippen molar-refractivity contribution in [3.63, 3.8) is 0 Å². The molecule has 0 radical (unpaired) electrons. The molecule has 0 spiro atoms. The predicted molar refractivity (Wildman–Crippen MR) is 195 cm³/mol. The second-order valence-electron chi connectivity index (χ2n) is 17.2. The maximum atomic E-state index is 13.4. The molecule has 0 fully saturated rings. The van der Waals surface area contributed by atoms with E-state index >= 15 is 0 Å². The fraction of sp³-hybridized carbons (Fsp3) is 0.700. The molecule has 0 aromatic heterocycles. The summed E-state index contributed by atoms with van der Waals surface area (Å²) in [6.45, 7) is 33.2. The Balaban J connectivity index is 0. The number of halogens is 1. The van der Waals surface area contributed by atoms with Crippen molar-refractivity contribution >= 4 is 17.4 Å². The fourth-order valence-corrected chi connectivity index (χ4v) is 5.17. The summed E-state index contributed by atoms with van der Waals surface area (Å²) >= 11 is 0. The monoisotopic (exact) mass is 670 g/mol. The Morgan fingerprint density at radius 3 is 1.02 bits per heavy atom. The minimum absolute atomic E-state index is 0. The molecular weight excluding hydrogens is 603 g/mol. The molecule has 0 saturated carbocycles. The van der Waals surface area contributed by atoms with E-state index in [4.69, 9.17) is 0 Å². The van der Waals surface area contributed by atoms with Crippen LogP contribution in [0.1, 0.15) is 156 Å². The van der Waals surface area contributed by atoms with Gasteiger partial charge >= 0.3 is 17.4 Å². The van der Waals surface area contributed by atoms with Crippen molar-refractivity contribution in [1.29, 1.82) is 0 Å². The summed E-state index contributed by atoms with van der Waals surface area (Å²) in [6.07, 6.45) is 5.54. The second kappa shape index (κ2) is 19.1. The molecular formula is C40H68AlClN2O2. The van der Waals surface area contributed by atoms with Crippen LogP contribution in [0.25, 0.3) is 0 Å². The summed E-state index contributed by atoms with van der Waals surface area (Å²) < 4.78 is 0. The van der Waals surface area contributed by atoms with E-state index in [-0.39, 0.29) is 62.9 Å². The molecule has 0 saturated heterocycles. The van der Waals surface area contributed by atoms with E-state index in [1.807, 2.05) is 0 Å². The molecule has 0 heterocycles. The van der Waals surface area contributed by atoms with Crippen LogP contribution in [0.2, 0.25) is 0 Å². The summed E-state index contributed by atoms with van der Waals surface area (Å²) in [6, 6.07) is 8.43. The van der Waals surface area contributed by atoms with Crippen LogP contribution in [-0.2, 0) is 34.7 Å². The third kappa shape index (κ3) is 14.9. The average molecular weight is 671 g/mol. The van der Waals surface area contributed by atoms with Crippen LogP contribution in [0, 0.1) is 0 Å². The molecule has 0 aliphatic carbocycles. The molecule has 0 aliphatic rings. The number of benzene rings is 2. The zero-order valence-electron chi connectivity index (χ0n) is 32.6. The maximum Gasteiger partial charge on any atom is 3.00 e. The van der Waals surface area contributed by atoms with Gasteiger partial charge in [0.15, 0.2) is 0 Å². The van der Waals surface area contributed by atoms with Gasteiger partial charge in [0, 0.05) is 26.2 Å². The maximum absolute atomic E-state index is 13.4. The van der Waals surface area contributed by atoms with E-state index in [1.54, 1.807) is 0 Å². The van der Waals surface area contributed by atoms with Gasteiger partial charge in [-0.05, 0) is 69.1 Å². The summed E-state index contributed by atoms with van der Waals surface area (Å²) in [4.78, 5) is 4.44. The van der Waals surface area contributed by atoms with E-state index < -0.39 is 0 Å². The first-order chi connectivity index (χ1) is 19.9. The Bertz CT molecular complexity index is 1090. The van der Waals surface area contributed by atoms with Gasteiger partial charge in [-0.2, -0.15) is 0 Å². The van der Waals surface area contributed by atoms with E-state index in [1.165, 1.54) is 36.8 Å². The van der Waals surface area contributed by atoms with E-state index in [0.717, 1.165) is 35.3 Å². The van der Waals surface area contributed by atoms with Crippen molar-refractivity contribution in [2.24, 2.45) is 0 Å². The number of nitrogens with zero attached hydrogens (tertiary/aromatic N) is 2. The molecule has 2 rings (SSSR count). The molecule has 2 aromatic carbocycles. The minimum atomic E-state index is -0.199. The molecule has 0 atom stereocenters. The van der Waals surface area contributed by atoms with Crippen LogP contribution < -0.4 is 22.6 Å². The van der Waals surface area contributed by atoms with Gasteiger partial charge in [-0.3, -0.25) is 0 Å². The van der Waals surface area contributed by atoms with Crippen molar-refractivity contribution < 1.29 is 22.6 Å². The van der Waals surface area contributed by atoms with Crippen molar-refractivity contribution in [3.8, 4) is 11.5 Å². The standard InChI is InChI=1S/C34H56N2O2.C6H14.Al.ClH/c1-31(2,3)25-17-23(29(37)27(19-25)33(7,8)9)21-35(13)15-16-36(14)22-24-18-26(32(4,5)6)20-28(30(24)38)34(10,11)12;1-3-5-6-4-2;;/h17-20,37-38H,15-16,21-22H2,1-14H3;3-6H2,1-2H3;;1H/q;;+3;/p-3. The summed E-state index contributed by atoms with van der Waals surface area (Å²) in [5.74, 6) is 0.325. The van der Waals surface area contributed by atoms with E-state index in [0.29, 0.717) is 13.1 Å². The molecule has 4 nitrogen and oxygen atoms in total. The van der Waals surface area contributed by atoms with E-state index in [9.17, 15) is 10.2 Å². The Morgan fingerprint density at radius 2 is 0.804 bits per heavy atom. The number of hydrogen-bond donors (Lipinski definition) is 0. The van der Waals surface area contributed by atoms with Crippen molar-refractivity contribution in [2.75, 3.05) is 27.2 Å². The van der Waals surface area contributed by atoms with Gasteiger partial charge in [0.1, 0.15) is 0 Å². The number of unbranched alkanes of at least 4 members (excludes halogenated alkanes) is 3. The first kappa shape index (κ1) is 46.9. The third-order valence-electron chi connectivity index (χ3n) is 8.38. The first-order valence-electron chi connectivity index (χ1n) is 17.0. The first-order valence-corrected chi connectivity index (χ1v) is 17.0. The third-order valence-corrected chi connectivity index (χ3v) is 8.38. The molecule has 2 aromatic rings. The number of rotatable bonds is 10. The van der Waals surface area contributed by atoms with Crippen molar-refractivity contribution in [2.45, 2.75) is 157 Å². The normalized spacial score (nSPS) is 12.4. The van der Waals surface area contributed by atoms with Gasteiger partial charge in [0.05, 0.1) is 0 Å². The Morgan fingerprint density at radius 1 is 0.522 bits per heavy atom. The molecule has 0 unspecified atom stereocenters. The summed E-state index contributed by atoms with van der Waals surface area (Å²) in [5, 5.41) is 26.8. The Hall–Kier alpha value is -1.22. The summed E-state index contributed by atoms with van der Waals surface area (Å²) in [7, 11) is 4.15. The second-order valence-corrected chi connectivity index (χ2v) is 17.2. The zero-order valence-corrected chi connectivity index (χ0v) is 34.5.